The third-order valence-corrected chi connectivity index (χ3v) is 4.58. The molecule has 0 saturated heterocycles. The second-order valence-corrected chi connectivity index (χ2v) is 6.41. The van der Waals surface area contributed by atoms with Crippen LogP contribution in [0.25, 0.3) is 0 Å². The highest BCUT2D eigenvalue weighted by molar-refractivity contribution is 5.85. The van der Waals surface area contributed by atoms with E-state index >= 15 is 0 Å². The molecule has 0 radical (unpaired) electrons. The number of amides is 1. The van der Waals surface area contributed by atoms with Crippen LogP contribution in [0.15, 0.2) is 0 Å². The molecule has 1 amide bonds. The molecule has 4 heteroatoms. The number of carbonyl (C=O) groups is 2. The minimum atomic E-state index is -0.799. The van der Waals surface area contributed by atoms with Crippen LogP contribution in [0.1, 0.15) is 58.3 Å². The summed E-state index contributed by atoms with van der Waals surface area (Å²) in [7, 11) is 0. The Bertz CT molecular complexity index is 341. The number of hydrogen-bond acceptors (Lipinski definition) is 2. The van der Waals surface area contributed by atoms with Crippen molar-refractivity contribution in [1.82, 2.24) is 5.32 Å². The molecule has 2 aliphatic rings. The fourth-order valence-corrected chi connectivity index (χ4v) is 2.77. The Labute approximate surface area is 108 Å². The lowest BCUT2D eigenvalue weighted by Crippen LogP contribution is -2.40. The molecule has 0 aromatic carbocycles. The fourth-order valence-electron chi connectivity index (χ4n) is 2.77. The van der Waals surface area contributed by atoms with Crippen LogP contribution in [0, 0.1) is 10.8 Å². The van der Waals surface area contributed by atoms with E-state index in [2.05, 4.69) is 12.2 Å². The van der Waals surface area contributed by atoms with Crippen molar-refractivity contribution in [3.05, 3.63) is 0 Å². The molecule has 102 valence electrons. The van der Waals surface area contributed by atoms with Crippen LogP contribution in [0.2, 0.25) is 0 Å². The maximum Gasteiger partial charge on any atom is 0.310 e. The zero-order valence-corrected chi connectivity index (χ0v) is 11.1. The smallest absolute Gasteiger partial charge is 0.310 e. The van der Waals surface area contributed by atoms with Crippen molar-refractivity contribution in [1.29, 1.82) is 0 Å². The molecule has 0 aromatic rings. The summed E-state index contributed by atoms with van der Waals surface area (Å²) in [5, 5.41) is 12.3. The Hall–Kier alpha value is -1.06. The van der Waals surface area contributed by atoms with Gasteiger partial charge >= 0.3 is 5.97 Å². The van der Waals surface area contributed by atoms with Crippen molar-refractivity contribution >= 4 is 11.9 Å². The van der Waals surface area contributed by atoms with E-state index in [1.807, 2.05) is 0 Å². The van der Waals surface area contributed by atoms with Gasteiger partial charge in [0.05, 0.1) is 5.41 Å². The first-order chi connectivity index (χ1) is 8.46. The molecule has 0 bridgehead atoms. The first-order valence-electron chi connectivity index (χ1n) is 6.96. The molecule has 2 N–H and O–H groups in total. The molecular weight excluding hydrogens is 230 g/mol. The topological polar surface area (TPSA) is 66.4 Å². The van der Waals surface area contributed by atoms with Crippen molar-refractivity contribution in [2.45, 2.75) is 58.3 Å². The SMILES string of the molecule is CC1(CNC(=O)CC2(C(=O)O)CCCCC2)CC1. The number of carboxylic acids is 1. The van der Waals surface area contributed by atoms with Crippen molar-refractivity contribution in [2.24, 2.45) is 10.8 Å². The van der Waals surface area contributed by atoms with E-state index in [9.17, 15) is 14.7 Å². The van der Waals surface area contributed by atoms with Crippen molar-refractivity contribution in [3.63, 3.8) is 0 Å². The van der Waals surface area contributed by atoms with E-state index in [0.717, 1.165) is 32.1 Å². The highest BCUT2D eigenvalue weighted by atomic mass is 16.4. The van der Waals surface area contributed by atoms with Crippen LogP contribution in [0.3, 0.4) is 0 Å². The van der Waals surface area contributed by atoms with Gasteiger partial charge < -0.3 is 10.4 Å². The van der Waals surface area contributed by atoms with Gasteiger partial charge in [-0.25, -0.2) is 0 Å². The lowest BCUT2D eigenvalue weighted by Gasteiger charge is -2.32. The maximum absolute atomic E-state index is 11.9. The van der Waals surface area contributed by atoms with Crippen LogP contribution < -0.4 is 5.32 Å². The van der Waals surface area contributed by atoms with Gasteiger partial charge in [0, 0.05) is 13.0 Å². The van der Waals surface area contributed by atoms with Crippen molar-refractivity contribution < 1.29 is 14.7 Å². The zero-order chi connectivity index (χ0) is 13.2. The summed E-state index contributed by atoms with van der Waals surface area (Å²) in [4.78, 5) is 23.4. The Morgan fingerprint density at radius 3 is 2.22 bits per heavy atom. The molecule has 18 heavy (non-hydrogen) atoms. The lowest BCUT2D eigenvalue weighted by molar-refractivity contribution is -0.154. The Morgan fingerprint density at radius 1 is 1.11 bits per heavy atom. The number of nitrogens with one attached hydrogen (secondary N) is 1. The Balaban J connectivity index is 1.87. The highest BCUT2D eigenvalue weighted by Crippen LogP contribution is 2.44. The van der Waals surface area contributed by atoms with Crippen molar-refractivity contribution in [2.75, 3.05) is 6.54 Å². The fraction of sp³-hybridized carbons (Fsp3) is 0.857. The molecule has 0 unspecified atom stereocenters. The summed E-state index contributed by atoms with van der Waals surface area (Å²) in [6.45, 7) is 2.85. The third kappa shape index (κ3) is 3.03. The van der Waals surface area contributed by atoms with Gasteiger partial charge in [-0.2, -0.15) is 0 Å². The second-order valence-electron chi connectivity index (χ2n) is 6.41. The molecular formula is C14H23NO3. The van der Waals surface area contributed by atoms with Gasteiger partial charge in [0.25, 0.3) is 0 Å². The minimum absolute atomic E-state index is 0.0903. The number of carboxylic acid groups (broad SMARTS) is 1. The first-order valence-corrected chi connectivity index (χ1v) is 6.96. The van der Waals surface area contributed by atoms with E-state index < -0.39 is 11.4 Å². The van der Waals surface area contributed by atoms with E-state index in [4.69, 9.17) is 0 Å². The van der Waals surface area contributed by atoms with Crippen LogP contribution >= 0.6 is 0 Å². The monoisotopic (exact) mass is 253 g/mol. The lowest BCUT2D eigenvalue weighted by atomic mass is 9.71. The molecule has 0 aromatic heterocycles. The molecule has 0 atom stereocenters. The molecule has 2 rings (SSSR count). The number of aliphatic carboxylic acids is 1. The number of rotatable bonds is 5. The molecule has 2 aliphatic carbocycles. The summed E-state index contributed by atoms with van der Waals surface area (Å²) >= 11 is 0. The van der Waals surface area contributed by atoms with E-state index in [-0.39, 0.29) is 17.7 Å². The zero-order valence-electron chi connectivity index (χ0n) is 11.1. The second kappa shape index (κ2) is 4.90. The van der Waals surface area contributed by atoms with E-state index in [1.54, 1.807) is 0 Å². The molecule has 0 aliphatic heterocycles. The quantitative estimate of drug-likeness (QED) is 0.790. The van der Waals surface area contributed by atoms with Gasteiger partial charge in [-0.3, -0.25) is 9.59 Å². The largest absolute Gasteiger partial charge is 0.481 e. The number of hydrogen-bond donors (Lipinski definition) is 2. The normalized spacial score (nSPS) is 24.3. The predicted molar refractivity (Wildman–Crippen MR) is 68.1 cm³/mol. The van der Waals surface area contributed by atoms with Gasteiger partial charge in [-0.15, -0.1) is 0 Å². The summed E-state index contributed by atoms with van der Waals surface area (Å²) in [5.41, 5.74) is -0.522. The summed E-state index contributed by atoms with van der Waals surface area (Å²) in [6, 6.07) is 0. The minimum Gasteiger partial charge on any atom is -0.481 e. The molecule has 2 fully saturated rings. The van der Waals surface area contributed by atoms with Gasteiger partial charge in [0.1, 0.15) is 0 Å². The predicted octanol–water partition coefficient (Wildman–Crippen LogP) is 2.33. The molecule has 0 heterocycles. The van der Waals surface area contributed by atoms with Crippen molar-refractivity contribution in [3.8, 4) is 0 Å². The summed E-state index contributed by atoms with van der Waals surface area (Å²) in [5.74, 6) is -0.887. The van der Waals surface area contributed by atoms with Gasteiger partial charge in [-0.05, 0) is 31.1 Å². The van der Waals surface area contributed by atoms with Crippen LogP contribution in [-0.2, 0) is 9.59 Å². The Kier molecular flexibility index (Phi) is 3.64. The third-order valence-electron chi connectivity index (χ3n) is 4.58. The first kappa shape index (κ1) is 13.4. The van der Waals surface area contributed by atoms with E-state index in [0.29, 0.717) is 19.4 Å². The van der Waals surface area contributed by atoms with Gasteiger partial charge in [0.15, 0.2) is 0 Å². The van der Waals surface area contributed by atoms with Crippen LogP contribution in [0.4, 0.5) is 0 Å². The Morgan fingerprint density at radius 2 is 1.72 bits per heavy atom. The average molecular weight is 253 g/mol. The van der Waals surface area contributed by atoms with Gasteiger partial charge in [0.2, 0.25) is 5.91 Å². The maximum atomic E-state index is 11.9. The summed E-state index contributed by atoms with van der Waals surface area (Å²) < 4.78 is 0. The molecule has 2 saturated carbocycles. The standard InChI is InChI=1S/C14H23NO3/c1-13(7-8-13)10-15-11(16)9-14(12(17)18)5-3-2-4-6-14/h2-10H2,1H3,(H,15,16)(H,17,18). The number of carbonyl (C=O) groups excluding carboxylic acids is 1. The van der Waals surface area contributed by atoms with Crippen LogP contribution in [-0.4, -0.2) is 23.5 Å². The van der Waals surface area contributed by atoms with Crippen LogP contribution in [0.5, 0.6) is 0 Å². The molecule has 0 spiro atoms. The highest BCUT2D eigenvalue weighted by Gasteiger charge is 2.42. The van der Waals surface area contributed by atoms with E-state index in [1.165, 1.54) is 0 Å². The van der Waals surface area contributed by atoms with Gasteiger partial charge in [-0.1, -0.05) is 26.2 Å². The molecule has 4 nitrogen and oxygen atoms in total. The summed E-state index contributed by atoms with van der Waals surface area (Å²) in [6.07, 6.45) is 6.72. The average Bonchev–Trinajstić information content (AvgIpc) is 3.07.